The molecule has 0 spiro atoms. The molecule has 102 valence electrons. The smallest absolute Gasteiger partial charge is 0.390 e. The Bertz CT molecular complexity index is 497. The first kappa shape index (κ1) is 14.8. The Hall–Kier alpha value is -1.28. The summed E-state index contributed by atoms with van der Waals surface area (Å²) in [4.78, 5) is -0.120. The maximum absolute atomic E-state index is 12.1. The van der Waals surface area contributed by atoms with E-state index in [1.165, 1.54) is 24.3 Å². The van der Waals surface area contributed by atoms with E-state index in [-0.39, 0.29) is 4.90 Å². The van der Waals surface area contributed by atoms with Crippen LogP contribution < -0.4 is 10.5 Å². The monoisotopic (exact) mass is 282 g/mol. The topological polar surface area (TPSA) is 72.2 Å². The van der Waals surface area contributed by atoms with Crippen molar-refractivity contribution in [2.24, 2.45) is 0 Å². The van der Waals surface area contributed by atoms with Crippen LogP contribution >= 0.6 is 0 Å². The lowest BCUT2D eigenvalue weighted by Crippen LogP contribution is -2.35. The van der Waals surface area contributed by atoms with Crippen molar-refractivity contribution >= 4 is 15.7 Å². The predicted octanol–water partition coefficient (Wildman–Crippen LogP) is 1.89. The molecule has 1 atom stereocenters. The van der Waals surface area contributed by atoms with Crippen molar-refractivity contribution in [3.05, 3.63) is 24.3 Å². The lowest BCUT2D eigenvalue weighted by molar-refractivity contribution is -0.137. The van der Waals surface area contributed by atoms with Crippen molar-refractivity contribution in [2.75, 3.05) is 5.73 Å². The molecular formula is C10H13F3N2O2S. The molecule has 0 saturated heterocycles. The number of hydrogen-bond donors (Lipinski definition) is 2. The Morgan fingerprint density at radius 1 is 1.28 bits per heavy atom. The number of nitrogens with two attached hydrogens (primary N) is 1. The number of nitrogens with one attached hydrogen (secondary N) is 1. The molecule has 3 N–H and O–H groups in total. The van der Waals surface area contributed by atoms with Crippen LogP contribution in [0, 0.1) is 0 Å². The zero-order valence-corrected chi connectivity index (χ0v) is 10.3. The number of rotatable bonds is 4. The van der Waals surface area contributed by atoms with Crippen LogP contribution in [0.15, 0.2) is 29.2 Å². The van der Waals surface area contributed by atoms with Gasteiger partial charge in [-0.1, -0.05) is 0 Å². The molecule has 1 unspecified atom stereocenters. The summed E-state index contributed by atoms with van der Waals surface area (Å²) >= 11 is 0. The van der Waals surface area contributed by atoms with Crippen LogP contribution in [0.1, 0.15) is 13.3 Å². The molecule has 0 aliphatic heterocycles. The lowest BCUT2D eigenvalue weighted by atomic mass is 10.2. The summed E-state index contributed by atoms with van der Waals surface area (Å²) < 4.78 is 61.7. The molecular weight excluding hydrogens is 269 g/mol. The van der Waals surface area contributed by atoms with Gasteiger partial charge in [0.15, 0.2) is 0 Å². The fraction of sp³-hybridized carbons (Fsp3) is 0.400. The Kier molecular flexibility index (Phi) is 4.23. The minimum atomic E-state index is -4.41. The highest BCUT2D eigenvalue weighted by atomic mass is 32.2. The van der Waals surface area contributed by atoms with Crippen molar-refractivity contribution in [3.8, 4) is 0 Å². The van der Waals surface area contributed by atoms with E-state index in [1.807, 2.05) is 4.72 Å². The van der Waals surface area contributed by atoms with Gasteiger partial charge in [0, 0.05) is 11.7 Å². The highest BCUT2D eigenvalue weighted by Gasteiger charge is 2.31. The molecule has 0 aromatic heterocycles. The van der Waals surface area contributed by atoms with Gasteiger partial charge in [0.25, 0.3) is 0 Å². The summed E-state index contributed by atoms with van der Waals surface area (Å²) in [6, 6.07) is 3.97. The number of nitrogen functional groups attached to an aromatic ring is 1. The fourth-order valence-corrected chi connectivity index (χ4v) is 2.61. The van der Waals surface area contributed by atoms with Gasteiger partial charge in [-0.2, -0.15) is 13.2 Å². The summed E-state index contributed by atoms with van der Waals surface area (Å²) in [7, 11) is -3.95. The number of alkyl halides is 3. The van der Waals surface area contributed by atoms with Crippen molar-refractivity contribution in [1.29, 1.82) is 0 Å². The van der Waals surface area contributed by atoms with E-state index < -0.39 is 28.7 Å². The standard InChI is InChI=1S/C10H13F3N2O2S/c1-7(6-10(11,12)13)15-18(16,17)9-4-2-8(14)3-5-9/h2-5,7,15H,6,14H2,1H3. The number of sulfonamides is 1. The molecule has 0 aliphatic carbocycles. The quantitative estimate of drug-likeness (QED) is 0.828. The van der Waals surface area contributed by atoms with Gasteiger partial charge in [-0.3, -0.25) is 0 Å². The second kappa shape index (κ2) is 5.15. The van der Waals surface area contributed by atoms with Crippen molar-refractivity contribution in [2.45, 2.75) is 30.5 Å². The zero-order valence-electron chi connectivity index (χ0n) is 9.53. The molecule has 8 heteroatoms. The molecule has 1 aromatic rings. The van der Waals surface area contributed by atoms with E-state index in [4.69, 9.17) is 5.73 Å². The Morgan fingerprint density at radius 3 is 2.22 bits per heavy atom. The third kappa shape index (κ3) is 4.53. The van der Waals surface area contributed by atoms with Crippen LogP contribution in [0.4, 0.5) is 18.9 Å². The minimum Gasteiger partial charge on any atom is -0.399 e. The SMILES string of the molecule is CC(CC(F)(F)F)NS(=O)(=O)c1ccc(N)cc1. The summed E-state index contributed by atoms with van der Waals surface area (Å²) in [6.45, 7) is 1.16. The third-order valence-electron chi connectivity index (χ3n) is 2.08. The van der Waals surface area contributed by atoms with E-state index in [1.54, 1.807) is 0 Å². The van der Waals surface area contributed by atoms with Gasteiger partial charge < -0.3 is 5.73 Å². The van der Waals surface area contributed by atoms with Crippen LogP contribution in [-0.4, -0.2) is 20.6 Å². The van der Waals surface area contributed by atoms with Gasteiger partial charge in [-0.25, -0.2) is 13.1 Å². The van der Waals surface area contributed by atoms with E-state index in [9.17, 15) is 21.6 Å². The molecule has 0 amide bonds. The van der Waals surface area contributed by atoms with Gasteiger partial charge in [0.2, 0.25) is 10.0 Å². The van der Waals surface area contributed by atoms with Gasteiger partial charge in [-0.15, -0.1) is 0 Å². The van der Waals surface area contributed by atoms with Crippen LogP contribution in [0.5, 0.6) is 0 Å². The molecule has 18 heavy (non-hydrogen) atoms. The molecule has 0 aliphatic rings. The molecule has 1 rings (SSSR count). The van der Waals surface area contributed by atoms with Crippen LogP contribution in [0.3, 0.4) is 0 Å². The van der Waals surface area contributed by atoms with Gasteiger partial charge in [-0.05, 0) is 31.2 Å². The molecule has 0 fully saturated rings. The first-order valence-electron chi connectivity index (χ1n) is 5.05. The minimum absolute atomic E-state index is 0.120. The second-order valence-electron chi connectivity index (χ2n) is 3.91. The van der Waals surface area contributed by atoms with Crippen molar-refractivity contribution in [3.63, 3.8) is 0 Å². The van der Waals surface area contributed by atoms with Crippen LogP contribution in [0.2, 0.25) is 0 Å². The summed E-state index contributed by atoms with van der Waals surface area (Å²) in [5.41, 5.74) is 5.76. The molecule has 4 nitrogen and oxygen atoms in total. The predicted molar refractivity (Wildman–Crippen MR) is 61.3 cm³/mol. The largest absolute Gasteiger partial charge is 0.399 e. The van der Waals surface area contributed by atoms with Crippen molar-refractivity contribution in [1.82, 2.24) is 4.72 Å². The number of hydrogen-bond acceptors (Lipinski definition) is 3. The Labute approximate surface area is 103 Å². The average Bonchev–Trinajstić information content (AvgIpc) is 2.13. The molecule has 1 aromatic carbocycles. The zero-order chi connectivity index (χ0) is 14.0. The van der Waals surface area contributed by atoms with E-state index >= 15 is 0 Å². The number of benzene rings is 1. The molecule has 0 bridgehead atoms. The summed E-state index contributed by atoms with van der Waals surface area (Å²) in [5.74, 6) is 0. The molecule has 0 heterocycles. The van der Waals surface area contributed by atoms with Crippen LogP contribution in [0.25, 0.3) is 0 Å². The van der Waals surface area contributed by atoms with Crippen LogP contribution in [-0.2, 0) is 10.0 Å². The normalized spacial score (nSPS) is 14.4. The first-order valence-corrected chi connectivity index (χ1v) is 6.53. The molecule has 0 saturated carbocycles. The Morgan fingerprint density at radius 2 is 1.78 bits per heavy atom. The van der Waals surface area contributed by atoms with Crippen molar-refractivity contribution < 1.29 is 21.6 Å². The Balaban J connectivity index is 2.79. The summed E-state index contributed by atoms with van der Waals surface area (Å²) in [5, 5.41) is 0. The van der Waals surface area contributed by atoms with E-state index in [0.717, 1.165) is 6.92 Å². The van der Waals surface area contributed by atoms with E-state index in [0.29, 0.717) is 5.69 Å². The highest BCUT2D eigenvalue weighted by molar-refractivity contribution is 7.89. The first-order chi connectivity index (χ1) is 8.10. The highest BCUT2D eigenvalue weighted by Crippen LogP contribution is 2.22. The number of halogens is 3. The maximum Gasteiger partial charge on any atom is 0.390 e. The maximum atomic E-state index is 12.1. The fourth-order valence-electron chi connectivity index (χ4n) is 1.37. The average molecular weight is 282 g/mol. The van der Waals surface area contributed by atoms with Gasteiger partial charge >= 0.3 is 6.18 Å². The lowest BCUT2D eigenvalue weighted by Gasteiger charge is -2.16. The summed E-state index contributed by atoms with van der Waals surface area (Å²) in [6.07, 6.45) is -5.63. The molecule has 0 radical (unpaired) electrons. The second-order valence-corrected chi connectivity index (χ2v) is 5.62. The third-order valence-corrected chi connectivity index (χ3v) is 3.69. The van der Waals surface area contributed by atoms with E-state index in [2.05, 4.69) is 0 Å². The van der Waals surface area contributed by atoms with Gasteiger partial charge in [0.1, 0.15) is 0 Å². The number of anilines is 1. The van der Waals surface area contributed by atoms with Gasteiger partial charge in [0.05, 0.1) is 11.3 Å².